The molecule has 0 aliphatic carbocycles. The van der Waals surface area contributed by atoms with Gasteiger partial charge in [-0.1, -0.05) is 36.8 Å². The maximum atomic E-state index is 4.43. The summed E-state index contributed by atoms with van der Waals surface area (Å²) in [6, 6.07) is 8.66. The van der Waals surface area contributed by atoms with Crippen molar-refractivity contribution in [1.29, 1.82) is 0 Å². The molecule has 1 aliphatic rings. The molecular weight excluding hydrogens is 182 g/mol. The fourth-order valence-electron chi connectivity index (χ4n) is 2.19. The molecule has 0 saturated heterocycles. The minimum atomic E-state index is 0.520. The molecule has 0 saturated carbocycles. The van der Waals surface area contributed by atoms with E-state index in [0.717, 1.165) is 6.42 Å². The third-order valence-corrected chi connectivity index (χ3v) is 3.05. The molecule has 0 amide bonds. The summed E-state index contributed by atoms with van der Waals surface area (Å²) in [5.74, 6) is 0.520. The first-order valence-electron chi connectivity index (χ1n) is 5.53. The number of benzene rings is 1. The van der Waals surface area contributed by atoms with Gasteiger partial charge in [0.25, 0.3) is 0 Å². The molecule has 15 heavy (non-hydrogen) atoms. The normalized spacial score (nSPS) is 20.1. The van der Waals surface area contributed by atoms with Crippen molar-refractivity contribution >= 4 is 11.3 Å². The Balaban J connectivity index is 2.34. The lowest BCUT2D eigenvalue weighted by Crippen LogP contribution is -2.07. The van der Waals surface area contributed by atoms with Crippen LogP contribution in [0, 0.1) is 12.8 Å². The SMILES string of the molecule is CCC1C(c2cccc(C)c2)=CN=C1C. The molecule has 0 radical (unpaired) electrons. The number of aryl methyl sites for hydroxylation is 1. The molecule has 1 aromatic rings. The van der Waals surface area contributed by atoms with E-state index in [9.17, 15) is 0 Å². The molecule has 1 unspecified atom stereocenters. The Labute approximate surface area is 91.6 Å². The van der Waals surface area contributed by atoms with Crippen molar-refractivity contribution in [2.45, 2.75) is 27.2 Å². The molecule has 0 spiro atoms. The van der Waals surface area contributed by atoms with Crippen molar-refractivity contribution in [2.75, 3.05) is 0 Å². The van der Waals surface area contributed by atoms with E-state index in [1.807, 2.05) is 6.20 Å². The maximum Gasteiger partial charge on any atom is 0.0312 e. The first-order valence-corrected chi connectivity index (χ1v) is 5.53. The molecule has 2 rings (SSSR count). The Morgan fingerprint density at radius 1 is 1.27 bits per heavy atom. The van der Waals surface area contributed by atoms with E-state index in [1.165, 1.54) is 22.4 Å². The summed E-state index contributed by atoms with van der Waals surface area (Å²) in [6.07, 6.45) is 3.16. The summed E-state index contributed by atoms with van der Waals surface area (Å²) in [7, 11) is 0. The third kappa shape index (κ3) is 1.87. The molecular formula is C14H17N. The van der Waals surface area contributed by atoms with E-state index < -0.39 is 0 Å². The van der Waals surface area contributed by atoms with Gasteiger partial charge in [-0.2, -0.15) is 0 Å². The fraction of sp³-hybridized carbons (Fsp3) is 0.357. The monoisotopic (exact) mass is 199 g/mol. The summed E-state index contributed by atoms with van der Waals surface area (Å²) >= 11 is 0. The summed E-state index contributed by atoms with van der Waals surface area (Å²) in [5, 5.41) is 0. The summed E-state index contributed by atoms with van der Waals surface area (Å²) in [6.45, 7) is 6.47. The number of hydrogen-bond donors (Lipinski definition) is 0. The van der Waals surface area contributed by atoms with Gasteiger partial charge in [0, 0.05) is 17.8 Å². The van der Waals surface area contributed by atoms with Gasteiger partial charge >= 0.3 is 0 Å². The van der Waals surface area contributed by atoms with E-state index in [4.69, 9.17) is 0 Å². The largest absolute Gasteiger partial charge is 0.265 e. The summed E-state index contributed by atoms with van der Waals surface area (Å²) < 4.78 is 0. The first-order chi connectivity index (χ1) is 7.22. The zero-order chi connectivity index (χ0) is 10.8. The third-order valence-electron chi connectivity index (χ3n) is 3.05. The van der Waals surface area contributed by atoms with E-state index >= 15 is 0 Å². The number of aliphatic imine (C=N–C) groups is 1. The van der Waals surface area contributed by atoms with E-state index in [2.05, 4.69) is 50.0 Å². The zero-order valence-corrected chi connectivity index (χ0v) is 9.62. The number of nitrogens with zero attached hydrogens (tertiary/aromatic N) is 1. The van der Waals surface area contributed by atoms with Crippen molar-refractivity contribution in [1.82, 2.24) is 0 Å². The van der Waals surface area contributed by atoms with E-state index in [-0.39, 0.29) is 0 Å². The molecule has 1 aliphatic heterocycles. The lowest BCUT2D eigenvalue weighted by molar-refractivity contribution is 0.842. The highest BCUT2D eigenvalue weighted by Gasteiger charge is 2.20. The Morgan fingerprint density at radius 2 is 2.07 bits per heavy atom. The average Bonchev–Trinajstić information content (AvgIpc) is 2.59. The first kappa shape index (κ1) is 10.2. The minimum Gasteiger partial charge on any atom is -0.265 e. The average molecular weight is 199 g/mol. The molecule has 78 valence electrons. The molecule has 0 N–H and O–H groups in total. The number of hydrogen-bond acceptors (Lipinski definition) is 1. The van der Waals surface area contributed by atoms with Crippen molar-refractivity contribution in [3.8, 4) is 0 Å². The highest BCUT2D eigenvalue weighted by atomic mass is 14.7. The number of allylic oxidation sites excluding steroid dienone is 1. The van der Waals surface area contributed by atoms with Crippen LogP contribution in [0.15, 0.2) is 35.5 Å². The maximum absolute atomic E-state index is 4.43. The quantitative estimate of drug-likeness (QED) is 0.686. The predicted molar refractivity (Wildman–Crippen MR) is 66.0 cm³/mol. The second-order valence-electron chi connectivity index (χ2n) is 4.19. The second-order valence-corrected chi connectivity index (χ2v) is 4.19. The molecule has 0 aromatic heterocycles. The van der Waals surface area contributed by atoms with Crippen LogP contribution in [-0.2, 0) is 0 Å². The molecule has 1 nitrogen and oxygen atoms in total. The van der Waals surface area contributed by atoms with E-state index in [0.29, 0.717) is 5.92 Å². The van der Waals surface area contributed by atoms with Crippen LogP contribution >= 0.6 is 0 Å². The molecule has 1 heterocycles. The molecule has 1 aromatic carbocycles. The van der Waals surface area contributed by atoms with Crippen LogP contribution in [0.4, 0.5) is 0 Å². The molecule has 1 atom stereocenters. The Kier molecular flexibility index (Phi) is 2.72. The Hall–Kier alpha value is -1.37. The van der Waals surface area contributed by atoms with Crippen LogP contribution in [0.1, 0.15) is 31.4 Å². The van der Waals surface area contributed by atoms with Gasteiger partial charge < -0.3 is 0 Å². The van der Waals surface area contributed by atoms with Crippen LogP contribution in [0.5, 0.6) is 0 Å². The van der Waals surface area contributed by atoms with Crippen molar-refractivity contribution in [3.05, 3.63) is 41.6 Å². The molecule has 1 heteroatoms. The minimum absolute atomic E-state index is 0.520. The smallest absolute Gasteiger partial charge is 0.0312 e. The summed E-state index contributed by atoms with van der Waals surface area (Å²) in [5.41, 5.74) is 5.25. The van der Waals surface area contributed by atoms with Gasteiger partial charge in [0.2, 0.25) is 0 Å². The van der Waals surface area contributed by atoms with Crippen LogP contribution in [-0.4, -0.2) is 5.71 Å². The Bertz CT molecular complexity index is 427. The lowest BCUT2D eigenvalue weighted by Gasteiger charge is -2.13. The number of rotatable bonds is 2. The highest BCUT2D eigenvalue weighted by molar-refractivity contribution is 5.99. The highest BCUT2D eigenvalue weighted by Crippen LogP contribution is 2.31. The topological polar surface area (TPSA) is 12.4 Å². The van der Waals surface area contributed by atoms with Crippen molar-refractivity contribution in [3.63, 3.8) is 0 Å². The van der Waals surface area contributed by atoms with Crippen LogP contribution < -0.4 is 0 Å². The van der Waals surface area contributed by atoms with Crippen LogP contribution in [0.3, 0.4) is 0 Å². The van der Waals surface area contributed by atoms with Crippen molar-refractivity contribution < 1.29 is 0 Å². The van der Waals surface area contributed by atoms with Crippen LogP contribution in [0.2, 0.25) is 0 Å². The van der Waals surface area contributed by atoms with Gasteiger partial charge in [0.05, 0.1) is 0 Å². The van der Waals surface area contributed by atoms with E-state index in [1.54, 1.807) is 0 Å². The van der Waals surface area contributed by atoms with Gasteiger partial charge in [-0.05, 0) is 31.4 Å². The van der Waals surface area contributed by atoms with Crippen molar-refractivity contribution in [2.24, 2.45) is 10.9 Å². The van der Waals surface area contributed by atoms with Gasteiger partial charge in [0.15, 0.2) is 0 Å². The predicted octanol–water partition coefficient (Wildman–Crippen LogP) is 3.84. The standard InChI is InChI=1S/C14H17N/c1-4-13-11(3)15-9-14(13)12-7-5-6-10(2)8-12/h5-9,13H,4H2,1-3H3. The molecule has 0 bridgehead atoms. The zero-order valence-electron chi connectivity index (χ0n) is 9.62. The van der Waals surface area contributed by atoms with Gasteiger partial charge in [0.1, 0.15) is 0 Å². The molecule has 0 fully saturated rings. The summed E-state index contributed by atoms with van der Waals surface area (Å²) in [4.78, 5) is 4.43. The fourth-order valence-corrected chi connectivity index (χ4v) is 2.19. The van der Waals surface area contributed by atoms with Gasteiger partial charge in [-0.3, -0.25) is 4.99 Å². The van der Waals surface area contributed by atoms with Crippen LogP contribution in [0.25, 0.3) is 5.57 Å². The lowest BCUT2D eigenvalue weighted by atomic mass is 9.89. The van der Waals surface area contributed by atoms with Gasteiger partial charge in [-0.15, -0.1) is 0 Å². The second kappa shape index (κ2) is 4.01. The van der Waals surface area contributed by atoms with Gasteiger partial charge in [-0.25, -0.2) is 0 Å². The Morgan fingerprint density at radius 3 is 2.73 bits per heavy atom.